The van der Waals surface area contributed by atoms with Crippen LogP contribution in [0.15, 0.2) is 41.0 Å². The fourth-order valence-electron chi connectivity index (χ4n) is 2.38. The minimum Gasteiger partial charge on any atom is -0.493 e. The summed E-state index contributed by atoms with van der Waals surface area (Å²) in [7, 11) is 1.62. The number of rotatable bonds is 5. The Labute approximate surface area is 141 Å². The zero-order chi connectivity index (χ0) is 16.5. The number of fused-ring (bicyclic) bond motifs is 1. The minimum atomic E-state index is 0.332. The number of aryl methyl sites for hydroxylation is 1. The molecule has 0 unspecified atom stereocenters. The van der Waals surface area contributed by atoms with Gasteiger partial charge >= 0.3 is 0 Å². The predicted octanol–water partition coefficient (Wildman–Crippen LogP) is 3.34. The lowest BCUT2D eigenvalue weighted by atomic mass is 10.2. The van der Waals surface area contributed by atoms with Gasteiger partial charge < -0.3 is 13.9 Å². The van der Waals surface area contributed by atoms with E-state index in [0.29, 0.717) is 28.9 Å². The summed E-state index contributed by atoms with van der Waals surface area (Å²) < 4.78 is 18.1. The van der Waals surface area contributed by atoms with Crippen LogP contribution in [0.4, 0.5) is 0 Å². The molecule has 3 aromatic heterocycles. The van der Waals surface area contributed by atoms with Gasteiger partial charge in [0.25, 0.3) is 0 Å². The number of hydrogen-bond acceptors (Lipinski definition) is 7. The molecule has 4 rings (SSSR count). The number of para-hydroxylation sites is 2. The lowest BCUT2D eigenvalue weighted by Crippen LogP contribution is -1.99. The molecular weight excluding hydrogens is 328 g/mol. The van der Waals surface area contributed by atoms with Crippen molar-refractivity contribution in [1.82, 2.24) is 19.8 Å². The molecule has 0 radical (unpaired) electrons. The molecule has 7 nitrogen and oxygen atoms in total. The molecule has 122 valence electrons. The second-order valence-electron chi connectivity index (χ2n) is 5.04. The molecule has 3 heterocycles. The number of furan rings is 1. The Balaban J connectivity index is 1.60. The van der Waals surface area contributed by atoms with E-state index in [-0.39, 0.29) is 0 Å². The van der Waals surface area contributed by atoms with E-state index in [0.717, 1.165) is 16.3 Å². The number of ether oxygens (including phenoxy) is 2. The maximum Gasteiger partial charge on any atom is 0.235 e. The average molecular weight is 342 g/mol. The molecule has 4 aromatic rings. The number of nitrogens with zero attached hydrogens (tertiary/aromatic N) is 4. The first-order valence-corrected chi connectivity index (χ1v) is 8.09. The van der Waals surface area contributed by atoms with Crippen LogP contribution in [0.3, 0.4) is 0 Å². The van der Waals surface area contributed by atoms with Gasteiger partial charge in [-0.25, -0.2) is 0 Å². The molecule has 0 saturated heterocycles. The summed E-state index contributed by atoms with van der Waals surface area (Å²) >= 11 is 1.44. The van der Waals surface area contributed by atoms with E-state index >= 15 is 0 Å². The summed E-state index contributed by atoms with van der Waals surface area (Å²) in [6, 6.07) is 9.37. The highest BCUT2D eigenvalue weighted by Crippen LogP contribution is 2.28. The van der Waals surface area contributed by atoms with E-state index < -0.39 is 0 Å². The fraction of sp³-hybridized carbons (Fsp3) is 0.188. The number of methoxy groups -OCH3 is 1. The lowest BCUT2D eigenvalue weighted by molar-refractivity contribution is 0.283. The predicted molar refractivity (Wildman–Crippen MR) is 88.4 cm³/mol. The first-order valence-electron chi connectivity index (χ1n) is 7.27. The van der Waals surface area contributed by atoms with Gasteiger partial charge in [-0.2, -0.15) is 9.61 Å². The third-order valence-electron chi connectivity index (χ3n) is 3.55. The first-order chi connectivity index (χ1) is 11.8. The van der Waals surface area contributed by atoms with E-state index in [1.54, 1.807) is 17.9 Å². The van der Waals surface area contributed by atoms with Crippen molar-refractivity contribution in [2.45, 2.75) is 13.5 Å². The highest BCUT2D eigenvalue weighted by molar-refractivity contribution is 7.16. The summed E-state index contributed by atoms with van der Waals surface area (Å²) in [5.41, 5.74) is 0.880. The van der Waals surface area contributed by atoms with Gasteiger partial charge in [-0.3, -0.25) is 0 Å². The van der Waals surface area contributed by atoms with Crippen molar-refractivity contribution < 1.29 is 13.9 Å². The molecular formula is C16H14N4O3S. The smallest absolute Gasteiger partial charge is 0.235 e. The van der Waals surface area contributed by atoms with Crippen LogP contribution in [0.25, 0.3) is 16.3 Å². The molecule has 0 aliphatic carbocycles. The van der Waals surface area contributed by atoms with Crippen LogP contribution < -0.4 is 9.47 Å². The van der Waals surface area contributed by atoms with Crippen molar-refractivity contribution >= 4 is 16.3 Å². The molecule has 0 fully saturated rings. The molecule has 0 aliphatic rings. The summed E-state index contributed by atoms with van der Waals surface area (Å²) in [5, 5.41) is 13.7. The molecule has 0 bridgehead atoms. The summed E-state index contributed by atoms with van der Waals surface area (Å²) in [5.74, 6) is 2.81. The van der Waals surface area contributed by atoms with Gasteiger partial charge in [-0.05, 0) is 25.1 Å². The van der Waals surface area contributed by atoms with Gasteiger partial charge in [0, 0.05) is 0 Å². The van der Waals surface area contributed by atoms with Gasteiger partial charge in [0.15, 0.2) is 22.3 Å². The molecule has 1 aromatic carbocycles. The Morgan fingerprint density at radius 2 is 2.00 bits per heavy atom. The largest absolute Gasteiger partial charge is 0.493 e. The van der Waals surface area contributed by atoms with Crippen LogP contribution in [0.5, 0.6) is 11.5 Å². The Bertz CT molecular complexity index is 988. The summed E-state index contributed by atoms with van der Waals surface area (Å²) in [4.78, 5) is 0.712. The van der Waals surface area contributed by atoms with Crippen molar-refractivity contribution in [2.75, 3.05) is 7.11 Å². The van der Waals surface area contributed by atoms with Crippen LogP contribution >= 0.6 is 11.3 Å². The van der Waals surface area contributed by atoms with Crippen LogP contribution in [0.2, 0.25) is 0 Å². The fourth-order valence-corrected chi connectivity index (χ4v) is 3.12. The van der Waals surface area contributed by atoms with Gasteiger partial charge in [-0.1, -0.05) is 23.5 Å². The number of hydrogen-bond donors (Lipinski definition) is 0. The van der Waals surface area contributed by atoms with Crippen LogP contribution in [-0.2, 0) is 6.61 Å². The Kier molecular flexibility index (Phi) is 3.66. The van der Waals surface area contributed by atoms with Crippen molar-refractivity contribution in [1.29, 1.82) is 0 Å². The van der Waals surface area contributed by atoms with Gasteiger partial charge in [-0.15, -0.1) is 10.2 Å². The van der Waals surface area contributed by atoms with Crippen LogP contribution in [-0.4, -0.2) is 26.9 Å². The monoisotopic (exact) mass is 342 g/mol. The maximum atomic E-state index is 5.81. The average Bonchev–Trinajstić information content (AvgIpc) is 3.28. The topological polar surface area (TPSA) is 74.7 Å². The van der Waals surface area contributed by atoms with Crippen molar-refractivity contribution in [2.24, 2.45) is 0 Å². The molecule has 24 heavy (non-hydrogen) atoms. The molecule has 0 atom stereocenters. The third kappa shape index (κ3) is 2.50. The SMILES string of the molecule is COc1ccccc1OCc1nn2c(-c3ccoc3C)nnc2s1. The summed E-state index contributed by atoms with van der Waals surface area (Å²) in [6.45, 7) is 2.21. The van der Waals surface area contributed by atoms with E-state index in [2.05, 4.69) is 15.3 Å². The number of benzene rings is 1. The number of aromatic nitrogens is 4. The highest BCUT2D eigenvalue weighted by atomic mass is 32.1. The first kappa shape index (κ1) is 14.7. The Morgan fingerprint density at radius 3 is 2.75 bits per heavy atom. The van der Waals surface area contributed by atoms with Crippen molar-refractivity contribution in [3.8, 4) is 22.9 Å². The zero-order valence-corrected chi connectivity index (χ0v) is 13.9. The van der Waals surface area contributed by atoms with E-state index in [1.165, 1.54) is 11.3 Å². The van der Waals surface area contributed by atoms with Gasteiger partial charge in [0.05, 0.1) is 18.9 Å². The second kappa shape index (κ2) is 5.97. The maximum absolute atomic E-state index is 5.81. The van der Waals surface area contributed by atoms with Crippen LogP contribution in [0.1, 0.15) is 10.8 Å². The highest BCUT2D eigenvalue weighted by Gasteiger charge is 2.17. The standard InChI is InChI=1S/C16H14N4O3S/c1-10-11(7-8-22-10)15-17-18-16-20(15)19-14(24-16)9-23-13-6-4-3-5-12(13)21-2/h3-8H,9H2,1-2H3. The molecule has 0 saturated carbocycles. The normalized spacial score (nSPS) is 11.1. The van der Waals surface area contributed by atoms with E-state index in [4.69, 9.17) is 13.9 Å². The molecule has 0 spiro atoms. The quantitative estimate of drug-likeness (QED) is 0.554. The summed E-state index contributed by atoms with van der Waals surface area (Å²) in [6.07, 6.45) is 1.63. The zero-order valence-electron chi connectivity index (χ0n) is 13.1. The van der Waals surface area contributed by atoms with Crippen molar-refractivity contribution in [3.05, 3.63) is 47.4 Å². The van der Waals surface area contributed by atoms with Gasteiger partial charge in [0.1, 0.15) is 12.4 Å². The molecule has 0 N–H and O–H groups in total. The lowest BCUT2D eigenvalue weighted by Gasteiger charge is -2.08. The Morgan fingerprint density at radius 1 is 1.17 bits per heavy atom. The third-order valence-corrected chi connectivity index (χ3v) is 4.42. The molecule has 0 aliphatic heterocycles. The molecule has 0 amide bonds. The minimum absolute atomic E-state index is 0.332. The van der Waals surface area contributed by atoms with E-state index in [9.17, 15) is 0 Å². The van der Waals surface area contributed by atoms with Gasteiger partial charge in [0.2, 0.25) is 4.96 Å². The van der Waals surface area contributed by atoms with Crippen LogP contribution in [0, 0.1) is 6.92 Å². The second-order valence-corrected chi connectivity index (χ2v) is 6.08. The van der Waals surface area contributed by atoms with Crippen molar-refractivity contribution in [3.63, 3.8) is 0 Å². The molecule has 8 heteroatoms. The van der Waals surface area contributed by atoms with E-state index in [1.807, 2.05) is 37.3 Å². The Hall–Kier alpha value is -2.87.